The fraction of sp³-hybridized carbons (Fsp3) is 0.720. The summed E-state index contributed by atoms with van der Waals surface area (Å²) in [5.41, 5.74) is 1.88. The van der Waals surface area contributed by atoms with Gasteiger partial charge in [0.1, 0.15) is 23.3 Å². The summed E-state index contributed by atoms with van der Waals surface area (Å²) in [6, 6.07) is 3.80. The van der Waals surface area contributed by atoms with Crippen molar-refractivity contribution in [2.75, 3.05) is 86.8 Å². The summed E-state index contributed by atoms with van der Waals surface area (Å²) in [4.78, 5) is 20.4. The van der Waals surface area contributed by atoms with E-state index in [-0.39, 0.29) is 12.5 Å². The summed E-state index contributed by atoms with van der Waals surface area (Å²) in [5, 5.41) is 0. The highest BCUT2D eigenvalue weighted by Crippen LogP contribution is 2.25. The molecule has 3 rings (SSSR count). The number of carbonyl (C=O) groups excluding carboxylic acids is 1. The predicted molar refractivity (Wildman–Crippen MR) is 136 cm³/mol. The number of nitrogens with zero attached hydrogens (tertiary/aromatic N) is 4. The van der Waals surface area contributed by atoms with E-state index in [0.29, 0.717) is 19.1 Å². The van der Waals surface area contributed by atoms with Gasteiger partial charge in [-0.3, -0.25) is 4.79 Å². The molecule has 0 aromatic heterocycles. The molecule has 0 N–H and O–H groups in total. The summed E-state index contributed by atoms with van der Waals surface area (Å²) in [6.45, 7) is 12.0. The Morgan fingerprint density at radius 1 is 1.15 bits per heavy atom. The van der Waals surface area contributed by atoms with Crippen LogP contribution >= 0.6 is 0 Å². The van der Waals surface area contributed by atoms with Crippen molar-refractivity contribution in [2.45, 2.75) is 31.6 Å². The molecule has 0 aliphatic carbocycles. The maximum Gasteiger partial charge on any atom is 0.248 e. The average Bonchev–Trinajstić information content (AvgIpc) is 2.82. The van der Waals surface area contributed by atoms with Gasteiger partial charge in [0.15, 0.2) is 0 Å². The number of carbonyl (C=O) groups is 1. The van der Waals surface area contributed by atoms with Gasteiger partial charge in [-0.25, -0.2) is 8.51 Å². The number of amides is 1. The monoisotopic (exact) mass is 494 g/mol. The lowest BCUT2D eigenvalue weighted by atomic mass is 9.97. The zero-order chi connectivity index (χ0) is 24.7. The van der Waals surface area contributed by atoms with Gasteiger partial charge in [-0.2, -0.15) is 0 Å². The number of hydrogen-bond donors (Lipinski definition) is 0. The average molecular weight is 495 g/mol. The molecule has 2 aliphatic rings. The Morgan fingerprint density at radius 2 is 1.82 bits per heavy atom. The van der Waals surface area contributed by atoms with E-state index in [0.717, 1.165) is 74.0 Å². The molecule has 1 aromatic carbocycles. The Labute approximate surface area is 207 Å². The zero-order valence-electron chi connectivity index (χ0n) is 21.5. The van der Waals surface area contributed by atoms with Crippen molar-refractivity contribution in [1.29, 1.82) is 0 Å². The van der Waals surface area contributed by atoms with E-state index in [1.807, 2.05) is 37.9 Å². The highest BCUT2D eigenvalue weighted by atomic mass is 32.2. The van der Waals surface area contributed by atoms with E-state index in [4.69, 9.17) is 9.47 Å². The third kappa shape index (κ3) is 7.49. The molecule has 2 heterocycles. The molecule has 2 saturated heterocycles. The number of piperidine rings is 1. The lowest BCUT2D eigenvalue weighted by molar-refractivity contribution is -0.138. The number of aryl methyl sites for hydroxylation is 2. The van der Waals surface area contributed by atoms with E-state index in [1.54, 1.807) is 11.4 Å². The molecule has 0 spiro atoms. The van der Waals surface area contributed by atoms with Crippen molar-refractivity contribution in [1.82, 2.24) is 19.0 Å². The maximum atomic E-state index is 13.0. The van der Waals surface area contributed by atoms with Crippen LogP contribution in [0.4, 0.5) is 0 Å². The van der Waals surface area contributed by atoms with Gasteiger partial charge in [0, 0.05) is 59.4 Å². The van der Waals surface area contributed by atoms with Gasteiger partial charge in [-0.15, -0.1) is 0 Å². The SMILES string of the molecule is COc1cc(C)c(S(=O)N(C)CCOCC(=O)N2CCCC(CN3CCN(C)CC3)C2)c(C)c1. The van der Waals surface area contributed by atoms with Crippen molar-refractivity contribution >= 4 is 16.9 Å². The molecule has 0 radical (unpaired) electrons. The normalized spacial score (nSPS) is 21.1. The first-order valence-electron chi connectivity index (χ1n) is 12.3. The largest absolute Gasteiger partial charge is 0.497 e. The van der Waals surface area contributed by atoms with E-state index >= 15 is 0 Å². The van der Waals surface area contributed by atoms with Crippen molar-refractivity contribution in [3.63, 3.8) is 0 Å². The van der Waals surface area contributed by atoms with Crippen LogP contribution in [-0.4, -0.2) is 116 Å². The minimum absolute atomic E-state index is 0.0636. The summed E-state index contributed by atoms with van der Waals surface area (Å²) in [5.74, 6) is 1.38. The second-order valence-electron chi connectivity index (χ2n) is 9.70. The Balaban J connectivity index is 1.39. The topological polar surface area (TPSA) is 65.6 Å². The predicted octanol–water partition coefficient (Wildman–Crippen LogP) is 1.77. The molecule has 8 nitrogen and oxygen atoms in total. The van der Waals surface area contributed by atoms with Crippen LogP contribution < -0.4 is 4.74 Å². The van der Waals surface area contributed by atoms with Crippen LogP contribution in [0.5, 0.6) is 5.75 Å². The third-order valence-corrected chi connectivity index (χ3v) is 8.63. The van der Waals surface area contributed by atoms with Crippen molar-refractivity contribution < 1.29 is 18.5 Å². The number of likely N-dealkylation sites (N-methyl/N-ethyl adjacent to an activating group) is 2. The number of methoxy groups -OCH3 is 1. The number of rotatable bonds is 10. The highest BCUT2D eigenvalue weighted by molar-refractivity contribution is 7.82. The molecule has 0 bridgehead atoms. The second-order valence-corrected chi connectivity index (χ2v) is 11.2. The number of benzene rings is 1. The zero-order valence-corrected chi connectivity index (χ0v) is 22.4. The number of piperazine rings is 1. The molecule has 9 heteroatoms. The van der Waals surface area contributed by atoms with Gasteiger partial charge in [0.2, 0.25) is 5.91 Å². The molecule has 2 unspecified atom stereocenters. The summed E-state index contributed by atoms with van der Waals surface area (Å²) in [6.07, 6.45) is 2.25. The Hall–Kier alpha value is -1.52. The molecule has 1 aromatic rings. The van der Waals surface area contributed by atoms with Gasteiger partial charge in [0.25, 0.3) is 0 Å². The van der Waals surface area contributed by atoms with Crippen molar-refractivity contribution in [3.8, 4) is 5.75 Å². The van der Waals surface area contributed by atoms with Crippen LogP contribution in [-0.2, 0) is 20.5 Å². The lowest BCUT2D eigenvalue weighted by Crippen LogP contribution is -2.49. The molecule has 2 aliphatic heterocycles. The van der Waals surface area contributed by atoms with Crippen LogP contribution in [0.3, 0.4) is 0 Å². The lowest BCUT2D eigenvalue weighted by Gasteiger charge is -2.38. The van der Waals surface area contributed by atoms with Gasteiger partial charge < -0.3 is 24.2 Å². The van der Waals surface area contributed by atoms with E-state index in [2.05, 4.69) is 16.8 Å². The van der Waals surface area contributed by atoms with Crippen LogP contribution in [0.1, 0.15) is 24.0 Å². The van der Waals surface area contributed by atoms with Crippen LogP contribution in [0, 0.1) is 19.8 Å². The molecule has 34 heavy (non-hydrogen) atoms. The smallest absolute Gasteiger partial charge is 0.248 e. The minimum Gasteiger partial charge on any atom is -0.497 e. The van der Waals surface area contributed by atoms with Crippen molar-refractivity contribution in [2.24, 2.45) is 5.92 Å². The van der Waals surface area contributed by atoms with Gasteiger partial charge >= 0.3 is 0 Å². The van der Waals surface area contributed by atoms with Gasteiger partial charge in [-0.05, 0) is 62.9 Å². The molecule has 0 saturated carbocycles. The molecule has 1 amide bonds. The van der Waals surface area contributed by atoms with E-state index < -0.39 is 11.0 Å². The Bertz CT molecular complexity index is 821. The third-order valence-electron chi connectivity index (χ3n) is 6.89. The fourth-order valence-electron chi connectivity index (χ4n) is 4.82. The number of hydrogen-bond acceptors (Lipinski definition) is 6. The second kappa shape index (κ2) is 13.0. The van der Waals surface area contributed by atoms with Crippen molar-refractivity contribution in [3.05, 3.63) is 23.3 Å². The first-order chi connectivity index (χ1) is 16.3. The van der Waals surface area contributed by atoms with Gasteiger partial charge in [0.05, 0.1) is 18.6 Å². The standard InChI is InChI=1S/C25H42N4O4S/c1-20-15-23(32-5)16-21(2)25(20)34(31)27(4)13-14-33-19-24(30)29-8-6-7-22(18-29)17-28-11-9-26(3)10-12-28/h15-16,22H,6-14,17-19H2,1-5H3. The first kappa shape index (κ1) is 27.1. The van der Waals surface area contributed by atoms with E-state index in [1.165, 1.54) is 6.42 Å². The molecule has 192 valence electrons. The Morgan fingerprint density at radius 3 is 2.47 bits per heavy atom. The Kier molecular flexibility index (Phi) is 10.3. The molecular weight excluding hydrogens is 452 g/mol. The highest BCUT2D eigenvalue weighted by Gasteiger charge is 2.26. The fourth-order valence-corrected chi connectivity index (χ4v) is 6.04. The first-order valence-corrected chi connectivity index (χ1v) is 13.4. The maximum absolute atomic E-state index is 13.0. The summed E-state index contributed by atoms with van der Waals surface area (Å²) in [7, 11) is 4.33. The molecule has 2 fully saturated rings. The minimum atomic E-state index is -1.30. The number of ether oxygens (including phenoxy) is 2. The van der Waals surface area contributed by atoms with Crippen LogP contribution in [0.2, 0.25) is 0 Å². The van der Waals surface area contributed by atoms with Gasteiger partial charge in [-0.1, -0.05) is 0 Å². The van der Waals surface area contributed by atoms with Crippen LogP contribution in [0.15, 0.2) is 17.0 Å². The summed E-state index contributed by atoms with van der Waals surface area (Å²) >= 11 is 0. The summed E-state index contributed by atoms with van der Waals surface area (Å²) < 4.78 is 25.8. The molecular formula is C25H42N4O4S. The van der Waals surface area contributed by atoms with E-state index in [9.17, 15) is 9.00 Å². The quantitative estimate of drug-likeness (QED) is 0.462. The molecule has 2 atom stereocenters. The number of likely N-dealkylation sites (tertiary alicyclic amines) is 1. The van der Waals surface area contributed by atoms with Crippen LogP contribution in [0.25, 0.3) is 0 Å².